The first-order valence-corrected chi connectivity index (χ1v) is 5.52. The monoisotopic (exact) mass is 222 g/mol. The Morgan fingerprint density at radius 2 is 2.00 bits per heavy atom. The summed E-state index contributed by atoms with van der Waals surface area (Å²) in [5.41, 5.74) is 0. The number of hydrogen-bond acceptors (Lipinski definition) is 3. The minimum atomic E-state index is -0.302. The van der Waals surface area contributed by atoms with Gasteiger partial charge in [0.2, 0.25) is 0 Å². The molecule has 0 aromatic heterocycles. The van der Waals surface area contributed by atoms with Gasteiger partial charge in [-0.2, -0.15) is 0 Å². The summed E-state index contributed by atoms with van der Waals surface area (Å²) in [7, 11) is 0. The van der Waals surface area contributed by atoms with Gasteiger partial charge in [0.1, 0.15) is 0 Å². The maximum absolute atomic E-state index is 11.2. The molecular weight excluding hydrogens is 212 g/mol. The van der Waals surface area contributed by atoms with Gasteiger partial charge in [0.15, 0.2) is 0 Å². The summed E-state index contributed by atoms with van der Waals surface area (Å²) in [6.45, 7) is 0.119. The van der Waals surface area contributed by atoms with Crippen molar-refractivity contribution < 1.29 is 9.59 Å². The normalized spacial score (nSPS) is 15.6. The lowest BCUT2D eigenvalue weighted by Crippen LogP contribution is -2.30. The molecule has 1 fully saturated rings. The molecule has 0 spiro atoms. The Morgan fingerprint density at radius 1 is 1.27 bits per heavy atom. The van der Waals surface area contributed by atoms with Crippen molar-refractivity contribution in [3.63, 3.8) is 0 Å². The number of nitrogens with one attached hydrogen (secondary N) is 1. The van der Waals surface area contributed by atoms with Crippen molar-refractivity contribution in [3.8, 4) is 0 Å². The molecule has 0 bridgehead atoms. The highest BCUT2D eigenvalue weighted by Gasteiger charge is 2.27. The van der Waals surface area contributed by atoms with Crippen molar-refractivity contribution in [1.29, 1.82) is 0 Å². The first kappa shape index (κ1) is 10.0. The van der Waals surface area contributed by atoms with Gasteiger partial charge in [0, 0.05) is 4.90 Å². The summed E-state index contributed by atoms with van der Waals surface area (Å²) < 4.78 is 0. The molecule has 4 nitrogen and oxygen atoms in total. The van der Waals surface area contributed by atoms with Crippen LogP contribution in [-0.2, 0) is 4.79 Å². The van der Waals surface area contributed by atoms with Gasteiger partial charge in [0.05, 0.1) is 12.4 Å². The van der Waals surface area contributed by atoms with Crippen LogP contribution < -0.4 is 5.32 Å². The number of amides is 3. The van der Waals surface area contributed by atoms with Crippen LogP contribution in [0.25, 0.3) is 0 Å². The predicted molar refractivity (Wildman–Crippen MR) is 57.4 cm³/mol. The zero-order valence-electron chi connectivity index (χ0n) is 7.97. The maximum Gasteiger partial charge on any atom is 0.325 e. The number of hydrogen-bond donors (Lipinski definition) is 1. The SMILES string of the molecule is O=C1CNC(=O)N1CSc1ccccc1. The summed E-state index contributed by atoms with van der Waals surface area (Å²) in [5, 5.41) is 2.48. The number of benzene rings is 1. The van der Waals surface area contributed by atoms with E-state index in [1.54, 1.807) is 0 Å². The fraction of sp³-hybridized carbons (Fsp3) is 0.200. The van der Waals surface area contributed by atoms with Crippen molar-refractivity contribution in [2.24, 2.45) is 0 Å². The quantitative estimate of drug-likeness (QED) is 0.619. The third kappa shape index (κ3) is 2.30. The van der Waals surface area contributed by atoms with Crippen LogP contribution in [0.15, 0.2) is 35.2 Å². The third-order valence-corrected chi connectivity index (χ3v) is 3.03. The molecule has 15 heavy (non-hydrogen) atoms. The van der Waals surface area contributed by atoms with Gasteiger partial charge in [-0.1, -0.05) is 18.2 Å². The van der Waals surface area contributed by atoms with Gasteiger partial charge in [-0.05, 0) is 12.1 Å². The molecule has 0 radical (unpaired) electrons. The first-order valence-electron chi connectivity index (χ1n) is 4.53. The maximum atomic E-state index is 11.2. The summed E-state index contributed by atoms with van der Waals surface area (Å²) in [6.07, 6.45) is 0. The average molecular weight is 222 g/mol. The molecule has 0 atom stereocenters. The molecule has 0 unspecified atom stereocenters. The molecule has 1 saturated heterocycles. The van der Waals surface area contributed by atoms with E-state index in [4.69, 9.17) is 0 Å². The molecule has 1 aromatic rings. The Kier molecular flexibility index (Phi) is 2.91. The van der Waals surface area contributed by atoms with E-state index in [0.29, 0.717) is 5.88 Å². The van der Waals surface area contributed by atoms with Crippen molar-refractivity contribution >= 4 is 23.7 Å². The van der Waals surface area contributed by atoms with Gasteiger partial charge in [0.25, 0.3) is 5.91 Å². The number of rotatable bonds is 3. The third-order valence-electron chi connectivity index (χ3n) is 2.04. The molecule has 0 saturated carbocycles. The van der Waals surface area contributed by atoms with E-state index in [9.17, 15) is 9.59 Å². The van der Waals surface area contributed by atoms with Crippen LogP contribution in [0.2, 0.25) is 0 Å². The molecule has 5 heteroatoms. The summed E-state index contributed by atoms with van der Waals surface area (Å²) >= 11 is 1.47. The minimum Gasteiger partial charge on any atom is -0.329 e. The Labute approximate surface area is 91.6 Å². The molecule has 1 aliphatic rings. The molecule has 0 aliphatic carbocycles. The van der Waals surface area contributed by atoms with Crippen LogP contribution in [0, 0.1) is 0 Å². The van der Waals surface area contributed by atoms with Crippen molar-refractivity contribution in [1.82, 2.24) is 10.2 Å². The van der Waals surface area contributed by atoms with Gasteiger partial charge >= 0.3 is 6.03 Å². The molecule has 2 rings (SSSR count). The fourth-order valence-electron chi connectivity index (χ4n) is 1.24. The van der Waals surface area contributed by atoms with Gasteiger partial charge in [-0.25, -0.2) is 4.79 Å². The van der Waals surface area contributed by atoms with Crippen LogP contribution in [0.3, 0.4) is 0 Å². The number of imide groups is 1. The summed E-state index contributed by atoms with van der Waals surface area (Å²) in [5.74, 6) is 0.206. The van der Waals surface area contributed by atoms with Crippen LogP contribution in [0.4, 0.5) is 4.79 Å². The van der Waals surface area contributed by atoms with Gasteiger partial charge < -0.3 is 5.32 Å². The molecule has 78 valence electrons. The highest BCUT2D eigenvalue weighted by atomic mass is 32.2. The smallest absolute Gasteiger partial charge is 0.325 e. The van der Waals surface area contributed by atoms with Crippen LogP contribution >= 0.6 is 11.8 Å². The molecule has 1 heterocycles. The van der Waals surface area contributed by atoms with Crippen LogP contribution in [0.1, 0.15) is 0 Å². The zero-order chi connectivity index (χ0) is 10.7. The zero-order valence-corrected chi connectivity index (χ0v) is 8.79. The Bertz CT molecular complexity index is 364. The second-order valence-electron chi connectivity index (χ2n) is 3.07. The highest BCUT2D eigenvalue weighted by Crippen LogP contribution is 2.19. The second kappa shape index (κ2) is 4.35. The molecule has 3 amide bonds. The molecule has 1 aliphatic heterocycles. The van der Waals surface area contributed by atoms with E-state index in [1.807, 2.05) is 30.3 Å². The number of thioether (sulfide) groups is 1. The number of carbonyl (C=O) groups is 2. The molecular formula is C10H10N2O2S. The standard InChI is InChI=1S/C10H10N2O2S/c13-9-6-11-10(14)12(9)7-15-8-4-2-1-3-5-8/h1-5H,6-7H2,(H,11,14). The van der Waals surface area contributed by atoms with Crippen molar-refractivity contribution in [2.75, 3.05) is 12.4 Å². The Morgan fingerprint density at radius 3 is 2.60 bits per heavy atom. The lowest BCUT2D eigenvalue weighted by molar-refractivity contribution is -0.124. The van der Waals surface area contributed by atoms with E-state index in [-0.39, 0.29) is 18.5 Å². The van der Waals surface area contributed by atoms with E-state index in [2.05, 4.69) is 5.32 Å². The Balaban J connectivity index is 1.93. The largest absolute Gasteiger partial charge is 0.329 e. The van der Waals surface area contributed by atoms with Crippen molar-refractivity contribution in [2.45, 2.75) is 4.90 Å². The predicted octanol–water partition coefficient (Wildman–Crippen LogP) is 1.29. The van der Waals surface area contributed by atoms with E-state index >= 15 is 0 Å². The fourth-order valence-corrected chi connectivity index (χ4v) is 2.13. The van der Waals surface area contributed by atoms with E-state index in [1.165, 1.54) is 16.7 Å². The number of urea groups is 1. The number of carbonyl (C=O) groups excluding carboxylic acids is 2. The van der Waals surface area contributed by atoms with E-state index < -0.39 is 0 Å². The highest BCUT2D eigenvalue weighted by molar-refractivity contribution is 7.99. The van der Waals surface area contributed by atoms with Crippen molar-refractivity contribution in [3.05, 3.63) is 30.3 Å². The van der Waals surface area contributed by atoms with Gasteiger partial charge in [-0.15, -0.1) is 11.8 Å². The summed E-state index contributed by atoms with van der Waals surface area (Å²) in [4.78, 5) is 24.7. The first-order chi connectivity index (χ1) is 7.27. The topological polar surface area (TPSA) is 49.4 Å². The lowest BCUT2D eigenvalue weighted by Gasteiger charge is -2.11. The van der Waals surface area contributed by atoms with Crippen LogP contribution in [0.5, 0.6) is 0 Å². The summed E-state index contributed by atoms with van der Waals surface area (Å²) in [6, 6.07) is 9.37. The molecule has 1 N–H and O–H groups in total. The Hall–Kier alpha value is -1.49. The van der Waals surface area contributed by atoms with Gasteiger partial charge in [-0.3, -0.25) is 9.69 Å². The average Bonchev–Trinajstić information content (AvgIpc) is 2.58. The lowest BCUT2D eigenvalue weighted by atomic mass is 10.4. The molecule has 1 aromatic carbocycles. The minimum absolute atomic E-state index is 0.119. The second-order valence-corrected chi connectivity index (χ2v) is 4.09. The number of nitrogens with zero attached hydrogens (tertiary/aromatic N) is 1. The van der Waals surface area contributed by atoms with Crippen LogP contribution in [-0.4, -0.2) is 29.3 Å². The van der Waals surface area contributed by atoms with E-state index in [0.717, 1.165) is 4.90 Å².